The third-order valence-corrected chi connectivity index (χ3v) is 4.09. The number of aromatic nitrogens is 3. The predicted molar refractivity (Wildman–Crippen MR) is 99.3 cm³/mol. The van der Waals surface area contributed by atoms with Crippen molar-refractivity contribution in [3.8, 4) is 17.0 Å². The molecule has 0 radical (unpaired) electrons. The van der Waals surface area contributed by atoms with Gasteiger partial charge in [0.25, 0.3) is 5.91 Å². The number of fused-ring (bicyclic) bond motifs is 1. The fourth-order valence-corrected chi connectivity index (χ4v) is 2.73. The molecule has 0 atom stereocenters. The monoisotopic (exact) mass is 362 g/mol. The van der Waals surface area contributed by atoms with E-state index >= 15 is 0 Å². The molecule has 1 N–H and O–H groups in total. The third kappa shape index (κ3) is 3.35. The Balaban J connectivity index is 1.68. The minimum atomic E-state index is -0.397. The number of methoxy groups -OCH3 is 1. The first-order chi connectivity index (χ1) is 13.1. The van der Waals surface area contributed by atoms with E-state index in [0.29, 0.717) is 28.5 Å². The highest BCUT2D eigenvalue weighted by Crippen LogP contribution is 2.30. The van der Waals surface area contributed by atoms with Crippen molar-refractivity contribution in [3.63, 3.8) is 0 Å². The summed E-state index contributed by atoms with van der Waals surface area (Å²) in [5.74, 6) is 0.338. The smallest absolute Gasteiger partial charge is 0.255 e. The maximum absolute atomic E-state index is 13.1. The molecule has 27 heavy (non-hydrogen) atoms. The molecule has 0 fully saturated rings. The topological polar surface area (TPSA) is 68.5 Å². The third-order valence-electron chi connectivity index (χ3n) is 4.09. The minimum Gasteiger partial charge on any atom is -0.495 e. The van der Waals surface area contributed by atoms with Crippen molar-refractivity contribution >= 4 is 17.4 Å². The normalized spacial score (nSPS) is 10.7. The summed E-state index contributed by atoms with van der Waals surface area (Å²) in [5, 5.41) is 2.80. The van der Waals surface area contributed by atoms with Crippen molar-refractivity contribution in [2.75, 3.05) is 12.4 Å². The van der Waals surface area contributed by atoms with Gasteiger partial charge in [-0.15, -0.1) is 0 Å². The van der Waals surface area contributed by atoms with Crippen LogP contribution in [0.25, 0.3) is 17.0 Å². The lowest BCUT2D eigenvalue weighted by atomic mass is 10.1. The van der Waals surface area contributed by atoms with Gasteiger partial charge in [-0.1, -0.05) is 0 Å². The molecule has 1 amide bonds. The van der Waals surface area contributed by atoms with Crippen LogP contribution in [-0.4, -0.2) is 27.4 Å². The Bertz CT molecular complexity index is 1090. The van der Waals surface area contributed by atoms with Crippen molar-refractivity contribution in [2.45, 2.75) is 0 Å². The van der Waals surface area contributed by atoms with Gasteiger partial charge in [-0.25, -0.2) is 14.4 Å². The van der Waals surface area contributed by atoms with E-state index in [2.05, 4.69) is 15.3 Å². The highest BCUT2D eigenvalue weighted by molar-refractivity contribution is 6.05. The number of amides is 1. The molecule has 0 aliphatic carbocycles. The Morgan fingerprint density at radius 1 is 1.19 bits per heavy atom. The van der Waals surface area contributed by atoms with Gasteiger partial charge in [-0.3, -0.25) is 9.20 Å². The Morgan fingerprint density at radius 3 is 2.74 bits per heavy atom. The van der Waals surface area contributed by atoms with E-state index in [-0.39, 0.29) is 5.91 Å². The van der Waals surface area contributed by atoms with E-state index in [1.165, 1.54) is 31.4 Å². The molecule has 0 aliphatic rings. The number of nitrogens with zero attached hydrogens (tertiary/aromatic N) is 3. The van der Waals surface area contributed by atoms with Crippen molar-refractivity contribution in [1.82, 2.24) is 14.4 Å². The Kier molecular flexibility index (Phi) is 4.25. The van der Waals surface area contributed by atoms with Crippen molar-refractivity contribution in [2.24, 2.45) is 0 Å². The molecule has 6 nitrogen and oxygen atoms in total. The molecule has 0 saturated heterocycles. The summed E-state index contributed by atoms with van der Waals surface area (Å²) in [6.45, 7) is 0. The Hall–Kier alpha value is -3.74. The highest BCUT2D eigenvalue weighted by atomic mass is 19.1. The van der Waals surface area contributed by atoms with Gasteiger partial charge in [0.2, 0.25) is 5.78 Å². The van der Waals surface area contributed by atoms with Gasteiger partial charge < -0.3 is 10.1 Å². The lowest BCUT2D eigenvalue weighted by molar-refractivity contribution is 0.102. The molecule has 7 heteroatoms. The first-order valence-electron chi connectivity index (χ1n) is 8.19. The summed E-state index contributed by atoms with van der Waals surface area (Å²) < 4.78 is 20.2. The van der Waals surface area contributed by atoms with E-state index in [1.807, 2.05) is 28.9 Å². The SMILES string of the molecule is COc1ccc(-c2cn3cccnc3n2)cc1NC(=O)c1ccc(F)cc1. The van der Waals surface area contributed by atoms with Crippen LogP contribution >= 0.6 is 0 Å². The number of nitrogens with one attached hydrogen (secondary N) is 1. The number of hydrogen-bond donors (Lipinski definition) is 1. The van der Waals surface area contributed by atoms with E-state index in [0.717, 1.165) is 5.56 Å². The van der Waals surface area contributed by atoms with Crippen LogP contribution in [0.4, 0.5) is 10.1 Å². The van der Waals surface area contributed by atoms with Gasteiger partial charge in [0.05, 0.1) is 18.5 Å². The minimum absolute atomic E-state index is 0.348. The van der Waals surface area contributed by atoms with Gasteiger partial charge in [-0.2, -0.15) is 0 Å². The van der Waals surface area contributed by atoms with Gasteiger partial charge in [0, 0.05) is 29.7 Å². The molecule has 0 unspecified atom stereocenters. The highest BCUT2D eigenvalue weighted by Gasteiger charge is 2.13. The maximum Gasteiger partial charge on any atom is 0.255 e. The maximum atomic E-state index is 13.1. The molecule has 4 rings (SSSR count). The number of imidazole rings is 1. The molecule has 0 spiro atoms. The number of carbonyl (C=O) groups is 1. The van der Waals surface area contributed by atoms with Gasteiger partial charge in [-0.05, 0) is 48.5 Å². The summed E-state index contributed by atoms with van der Waals surface area (Å²) in [6, 6.07) is 12.5. The second kappa shape index (κ2) is 6.87. The fourth-order valence-electron chi connectivity index (χ4n) is 2.73. The van der Waals surface area contributed by atoms with Crippen LogP contribution in [0.5, 0.6) is 5.75 Å². The molecule has 2 aromatic heterocycles. The van der Waals surface area contributed by atoms with Crippen LogP contribution in [0.1, 0.15) is 10.4 Å². The van der Waals surface area contributed by atoms with Crippen LogP contribution in [-0.2, 0) is 0 Å². The molecule has 134 valence electrons. The molecule has 4 aromatic rings. The number of benzene rings is 2. The van der Waals surface area contributed by atoms with Crippen LogP contribution in [0, 0.1) is 5.82 Å². The average molecular weight is 362 g/mol. The molecule has 0 bridgehead atoms. The second-order valence-electron chi connectivity index (χ2n) is 5.83. The largest absolute Gasteiger partial charge is 0.495 e. The first kappa shape index (κ1) is 16.7. The molecule has 2 heterocycles. The average Bonchev–Trinajstić information content (AvgIpc) is 3.12. The summed E-state index contributed by atoms with van der Waals surface area (Å²) in [6.07, 6.45) is 5.39. The van der Waals surface area contributed by atoms with Crippen molar-refractivity contribution in [1.29, 1.82) is 0 Å². The van der Waals surface area contributed by atoms with Gasteiger partial charge in [0.15, 0.2) is 0 Å². The van der Waals surface area contributed by atoms with Crippen LogP contribution < -0.4 is 10.1 Å². The summed E-state index contributed by atoms with van der Waals surface area (Å²) in [7, 11) is 1.53. The van der Waals surface area contributed by atoms with Crippen LogP contribution in [0.3, 0.4) is 0 Å². The second-order valence-corrected chi connectivity index (χ2v) is 5.83. The van der Waals surface area contributed by atoms with E-state index < -0.39 is 5.82 Å². The van der Waals surface area contributed by atoms with Crippen LogP contribution in [0.15, 0.2) is 67.1 Å². The number of halogens is 1. The number of carbonyl (C=O) groups excluding carboxylic acids is 1. The summed E-state index contributed by atoms with van der Waals surface area (Å²) in [5.41, 5.74) is 2.36. The quantitative estimate of drug-likeness (QED) is 0.600. The predicted octanol–water partition coefficient (Wildman–Crippen LogP) is 3.80. The molecule has 0 aliphatic heterocycles. The zero-order valence-corrected chi connectivity index (χ0v) is 14.4. The zero-order valence-electron chi connectivity index (χ0n) is 14.4. The molecular formula is C20H15FN4O2. The van der Waals surface area contributed by atoms with E-state index in [4.69, 9.17) is 4.74 Å². The van der Waals surface area contributed by atoms with Gasteiger partial charge >= 0.3 is 0 Å². The molecular weight excluding hydrogens is 347 g/mol. The lowest BCUT2D eigenvalue weighted by Crippen LogP contribution is -2.12. The first-order valence-corrected chi connectivity index (χ1v) is 8.19. The Morgan fingerprint density at radius 2 is 2.00 bits per heavy atom. The zero-order chi connectivity index (χ0) is 18.8. The van der Waals surface area contributed by atoms with Crippen molar-refractivity contribution < 1.29 is 13.9 Å². The standard InChI is InChI=1S/C20H15FN4O2/c1-27-18-8-5-14(17-12-25-10-2-9-22-20(25)24-17)11-16(18)23-19(26)13-3-6-15(21)7-4-13/h2-12H,1H3,(H,23,26). The fraction of sp³-hybridized carbons (Fsp3) is 0.0500. The van der Waals surface area contributed by atoms with E-state index in [9.17, 15) is 9.18 Å². The summed E-state index contributed by atoms with van der Waals surface area (Å²) >= 11 is 0. The van der Waals surface area contributed by atoms with Gasteiger partial charge in [0.1, 0.15) is 11.6 Å². The van der Waals surface area contributed by atoms with Crippen LogP contribution in [0.2, 0.25) is 0 Å². The van der Waals surface area contributed by atoms with Crippen molar-refractivity contribution in [3.05, 3.63) is 78.5 Å². The summed E-state index contributed by atoms with van der Waals surface area (Å²) in [4.78, 5) is 21.2. The lowest BCUT2D eigenvalue weighted by Gasteiger charge is -2.11. The molecule has 2 aromatic carbocycles. The number of anilines is 1. The number of ether oxygens (including phenoxy) is 1. The van der Waals surface area contributed by atoms with E-state index in [1.54, 1.807) is 18.3 Å². The number of hydrogen-bond acceptors (Lipinski definition) is 4. The molecule has 0 saturated carbocycles. The number of rotatable bonds is 4. The Labute approximate surface area is 154 Å².